The Morgan fingerprint density at radius 2 is 2.13 bits per heavy atom. The Kier molecular flexibility index (Phi) is 3.66. The van der Waals surface area contributed by atoms with E-state index in [1.807, 2.05) is 6.07 Å². The smallest absolute Gasteiger partial charge is 0.143 e. The van der Waals surface area contributed by atoms with Gasteiger partial charge >= 0.3 is 0 Å². The number of nitrogens with zero attached hydrogens (tertiary/aromatic N) is 3. The van der Waals surface area contributed by atoms with Crippen molar-refractivity contribution >= 4 is 23.9 Å². The number of nitrogens with two attached hydrogens (primary N) is 1. The molecule has 0 aromatic heterocycles. The molecule has 0 fully saturated rings. The lowest BCUT2D eigenvalue weighted by atomic mass is 9.70. The second kappa shape index (κ2) is 5.41. The fraction of sp³-hybridized carbons (Fsp3) is 0.444. The van der Waals surface area contributed by atoms with Crippen LogP contribution in [0.2, 0.25) is 0 Å². The predicted octanol–water partition coefficient (Wildman–Crippen LogP) is 2.50. The SMILES string of the molecule is C=NC1=C(C(N)=NC)C(C)(C)Cc2c1ccc1c2N(C)CCO1. The van der Waals surface area contributed by atoms with Crippen molar-refractivity contribution in [3.8, 4) is 5.75 Å². The first kappa shape index (κ1) is 15.6. The maximum Gasteiger partial charge on any atom is 0.143 e. The van der Waals surface area contributed by atoms with Gasteiger partial charge in [0.05, 0.1) is 17.9 Å². The van der Waals surface area contributed by atoms with E-state index >= 15 is 0 Å². The third-order valence-electron chi connectivity index (χ3n) is 4.75. The molecule has 5 nitrogen and oxygen atoms in total. The van der Waals surface area contributed by atoms with Crippen LogP contribution in [0.15, 0.2) is 27.7 Å². The van der Waals surface area contributed by atoms with E-state index in [0.29, 0.717) is 5.84 Å². The van der Waals surface area contributed by atoms with Crippen LogP contribution < -0.4 is 15.4 Å². The Bertz CT molecular complexity index is 731. The van der Waals surface area contributed by atoms with Gasteiger partial charge < -0.3 is 15.4 Å². The van der Waals surface area contributed by atoms with Crippen molar-refractivity contribution in [1.82, 2.24) is 0 Å². The summed E-state index contributed by atoms with van der Waals surface area (Å²) < 4.78 is 5.84. The molecular formula is C18H24N4O. The van der Waals surface area contributed by atoms with E-state index < -0.39 is 0 Å². The second-order valence-electron chi connectivity index (χ2n) is 6.76. The molecule has 0 saturated carbocycles. The van der Waals surface area contributed by atoms with Gasteiger partial charge in [-0.1, -0.05) is 13.8 Å². The van der Waals surface area contributed by atoms with Gasteiger partial charge in [0.2, 0.25) is 0 Å². The topological polar surface area (TPSA) is 63.2 Å². The second-order valence-corrected chi connectivity index (χ2v) is 6.76. The number of benzene rings is 1. The Hall–Kier alpha value is -2.30. The van der Waals surface area contributed by atoms with Gasteiger partial charge in [0.25, 0.3) is 0 Å². The van der Waals surface area contributed by atoms with E-state index in [2.05, 4.69) is 48.6 Å². The molecule has 122 valence electrons. The van der Waals surface area contributed by atoms with Crippen molar-refractivity contribution in [3.05, 3.63) is 28.8 Å². The summed E-state index contributed by atoms with van der Waals surface area (Å²) in [6.07, 6.45) is 0.865. The lowest BCUT2D eigenvalue weighted by Crippen LogP contribution is -2.35. The van der Waals surface area contributed by atoms with Crippen molar-refractivity contribution in [2.75, 3.05) is 32.1 Å². The van der Waals surface area contributed by atoms with Crippen LogP contribution in [0.25, 0.3) is 5.70 Å². The molecule has 2 aliphatic rings. The lowest BCUT2D eigenvalue weighted by Gasteiger charge is -2.39. The number of fused-ring (bicyclic) bond motifs is 3. The zero-order chi connectivity index (χ0) is 16.8. The van der Waals surface area contributed by atoms with Crippen molar-refractivity contribution in [2.45, 2.75) is 20.3 Å². The third-order valence-corrected chi connectivity index (χ3v) is 4.75. The number of likely N-dealkylation sites (N-methyl/N-ethyl adjacent to an activating group) is 1. The number of amidine groups is 1. The highest BCUT2D eigenvalue weighted by Crippen LogP contribution is 2.49. The van der Waals surface area contributed by atoms with Crippen LogP contribution in [0, 0.1) is 5.41 Å². The van der Waals surface area contributed by atoms with Gasteiger partial charge in [-0.05, 0) is 36.2 Å². The van der Waals surface area contributed by atoms with Gasteiger partial charge in [-0.3, -0.25) is 9.98 Å². The molecule has 0 saturated heterocycles. The van der Waals surface area contributed by atoms with Gasteiger partial charge in [0.1, 0.15) is 18.2 Å². The summed E-state index contributed by atoms with van der Waals surface area (Å²) in [6, 6.07) is 4.08. The maximum absolute atomic E-state index is 6.18. The van der Waals surface area contributed by atoms with Crippen molar-refractivity contribution in [1.29, 1.82) is 0 Å². The van der Waals surface area contributed by atoms with Crippen molar-refractivity contribution in [3.63, 3.8) is 0 Å². The molecule has 0 spiro atoms. The zero-order valence-electron chi connectivity index (χ0n) is 14.3. The number of aliphatic imine (C=N–C) groups is 2. The first-order valence-corrected chi connectivity index (χ1v) is 7.85. The highest BCUT2D eigenvalue weighted by Gasteiger charge is 2.38. The largest absolute Gasteiger partial charge is 0.490 e. The molecule has 1 aliphatic carbocycles. The van der Waals surface area contributed by atoms with Crippen LogP contribution in [0.5, 0.6) is 5.75 Å². The molecule has 1 aliphatic heterocycles. The minimum Gasteiger partial charge on any atom is -0.490 e. The fourth-order valence-electron chi connectivity index (χ4n) is 3.68. The van der Waals surface area contributed by atoms with Crippen LogP contribution in [-0.4, -0.2) is 39.8 Å². The first-order chi connectivity index (χ1) is 10.9. The summed E-state index contributed by atoms with van der Waals surface area (Å²) in [4.78, 5) is 10.8. The molecular weight excluding hydrogens is 288 g/mol. The normalized spacial score (nSPS) is 19.8. The molecule has 5 heteroatoms. The summed E-state index contributed by atoms with van der Waals surface area (Å²) in [5.74, 6) is 1.47. The molecule has 0 unspecified atom stereocenters. The molecule has 1 aromatic rings. The molecule has 1 heterocycles. The van der Waals surface area contributed by atoms with Crippen LogP contribution in [-0.2, 0) is 6.42 Å². The number of ether oxygens (including phenoxy) is 1. The molecule has 0 atom stereocenters. The van der Waals surface area contributed by atoms with Crippen LogP contribution in [0.3, 0.4) is 0 Å². The summed E-state index contributed by atoms with van der Waals surface area (Å²) >= 11 is 0. The number of rotatable bonds is 2. The van der Waals surface area contributed by atoms with E-state index in [1.165, 1.54) is 5.56 Å². The molecule has 3 rings (SSSR count). The Balaban J connectivity index is 2.32. The number of anilines is 1. The van der Waals surface area contributed by atoms with Gasteiger partial charge in [0, 0.05) is 25.2 Å². The number of hydrogen-bond donors (Lipinski definition) is 1. The van der Waals surface area contributed by atoms with Gasteiger partial charge in [-0.25, -0.2) is 0 Å². The van der Waals surface area contributed by atoms with Gasteiger partial charge in [-0.15, -0.1) is 0 Å². The number of hydrogen-bond acceptors (Lipinski definition) is 4. The first-order valence-electron chi connectivity index (χ1n) is 7.85. The van der Waals surface area contributed by atoms with Crippen LogP contribution in [0.4, 0.5) is 5.69 Å². The summed E-state index contributed by atoms with van der Waals surface area (Å²) in [5, 5.41) is 0. The van der Waals surface area contributed by atoms with E-state index in [4.69, 9.17) is 10.5 Å². The van der Waals surface area contributed by atoms with E-state index in [1.54, 1.807) is 7.05 Å². The average Bonchev–Trinajstić information content (AvgIpc) is 2.51. The quantitative estimate of drug-likeness (QED) is 0.674. The molecule has 23 heavy (non-hydrogen) atoms. The third kappa shape index (κ3) is 2.31. The van der Waals surface area contributed by atoms with E-state index in [0.717, 1.165) is 47.8 Å². The van der Waals surface area contributed by atoms with Crippen molar-refractivity contribution < 1.29 is 4.74 Å². The molecule has 1 aromatic carbocycles. The molecule has 2 N–H and O–H groups in total. The van der Waals surface area contributed by atoms with Crippen LogP contribution in [0.1, 0.15) is 25.0 Å². The van der Waals surface area contributed by atoms with E-state index in [-0.39, 0.29) is 5.41 Å². The minimum atomic E-state index is -0.166. The maximum atomic E-state index is 6.18. The highest BCUT2D eigenvalue weighted by atomic mass is 16.5. The van der Waals surface area contributed by atoms with Gasteiger partial charge in [0.15, 0.2) is 0 Å². The summed E-state index contributed by atoms with van der Waals surface area (Å²) in [6.45, 7) is 9.74. The predicted molar refractivity (Wildman–Crippen MR) is 96.7 cm³/mol. The Morgan fingerprint density at radius 3 is 2.78 bits per heavy atom. The molecule has 0 radical (unpaired) electrons. The standard InChI is InChI=1S/C18H24N4O/c1-18(2)10-12-11(15(20-3)14(18)17(19)21-4)6-7-13-16(12)22(5)8-9-23-13/h6-7H,3,8-10H2,1-2,4-5H3,(H2,19,21). The average molecular weight is 312 g/mol. The monoisotopic (exact) mass is 312 g/mol. The minimum absolute atomic E-state index is 0.166. The molecule has 0 amide bonds. The zero-order valence-corrected chi connectivity index (χ0v) is 14.3. The van der Waals surface area contributed by atoms with Crippen molar-refractivity contribution in [2.24, 2.45) is 21.1 Å². The molecule has 0 bridgehead atoms. The van der Waals surface area contributed by atoms with Gasteiger partial charge in [-0.2, -0.15) is 0 Å². The Labute approximate surface area is 137 Å². The highest BCUT2D eigenvalue weighted by molar-refractivity contribution is 6.06. The summed E-state index contributed by atoms with van der Waals surface area (Å²) in [7, 11) is 3.82. The van der Waals surface area contributed by atoms with Crippen LogP contribution >= 0.6 is 0 Å². The lowest BCUT2D eigenvalue weighted by molar-refractivity contribution is 0.309. The summed E-state index contributed by atoms with van der Waals surface area (Å²) in [5.41, 5.74) is 11.3. The Morgan fingerprint density at radius 1 is 1.39 bits per heavy atom. The van der Waals surface area contributed by atoms with E-state index in [9.17, 15) is 0 Å². The fourth-order valence-corrected chi connectivity index (χ4v) is 3.68.